The Kier molecular flexibility index (Phi) is 4.89. The number of ketones is 1. The molecule has 7 heteroatoms. The number of ether oxygens (including phenoxy) is 1. The van der Waals surface area contributed by atoms with Crippen LogP contribution >= 0.6 is 0 Å². The van der Waals surface area contributed by atoms with E-state index in [2.05, 4.69) is 5.32 Å². The lowest BCUT2D eigenvalue weighted by Crippen LogP contribution is -2.43. The molecule has 3 rings (SSSR count). The first-order valence-electron chi connectivity index (χ1n) is 8.93. The first kappa shape index (κ1) is 20.2. The van der Waals surface area contributed by atoms with E-state index in [0.717, 1.165) is 12.1 Å². The molecule has 1 aliphatic heterocycles. The summed E-state index contributed by atoms with van der Waals surface area (Å²) >= 11 is 0. The van der Waals surface area contributed by atoms with E-state index in [1.165, 1.54) is 19.2 Å². The lowest BCUT2D eigenvalue weighted by Gasteiger charge is -2.41. The summed E-state index contributed by atoms with van der Waals surface area (Å²) in [4.78, 5) is 25.4. The van der Waals surface area contributed by atoms with Crippen molar-refractivity contribution >= 4 is 11.8 Å². The van der Waals surface area contributed by atoms with Crippen molar-refractivity contribution in [3.8, 4) is 0 Å². The van der Waals surface area contributed by atoms with E-state index in [9.17, 15) is 22.8 Å². The van der Waals surface area contributed by atoms with E-state index in [4.69, 9.17) is 4.74 Å². The number of benzene rings is 1. The number of esters is 1. The molecule has 150 valence electrons. The van der Waals surface area contributed by atoms with E-state index in [1.54, 1.807) is 6.92 Å². The standard InChI is InChI=1S/C21H22F3NO3/c1-11-16(19(27)28-4)17(12-5-7-13(8-6-12)21(22,23)24)18-14(25-11)9-20(2,3)10-15(18)26/h5-9,17-18,25H,10H2,1-4H3. The van der Waals surface area contributed by atoms with Crippen LogP contribution in [0.3, 0.4) is 0 Å². The van der Waals surface area contributed by atoms with Crippen LogP contribution in [-0.2, 0) is 20.5 Å². The highest BCUT2D eigenvalue weighted by Crippen LogP contribution is 2.47. The molecule has 2 aliphatic rings. The van der Waals surface area contributed by atoms with E-state index >= 15 is 0 Å². The molecule has 0 aromatic heterocycles. The van der Waals surface area contributed by atoms with E-state index in [-0.39, 0.29) is 23.2 Å². The Labute approximate surface area is 161 Å². The van der Waals surface area contributed by atoms with Crippen LogP contribution in [-0.4, -0.2) is 18.9 Å². The molecule has 4 nitrogen and oxygen atoms in total. The van der Waals surface area contributed by atoms with Crippen LogP contribution in [0.4, 0.5) is 13.2 Å². The quantitative estimate of drug-likeness (QED) is 0.760. The van der Waals surface area contributed by atoms with Crippen LogP contribution in [0, 0.1) is 11.3 Å². The Morgan fingerprint density at radius 1 is 1.18 bits per heavy atom. The molecular formula is C21H22F3NO3. The van der Waals surface area contributed by atoms with Crippen LogP contribution in [0.1, 0.15) is 44.2 Å². The van der Waals surface area contributed by atoms with Crippen LogP contribution in [0.5, 0.6) is 0 Å². The van der Waals surface area contributed by atoms with Crippen molar-refractivity contribution in [1.82, 2.24) is 5.32 Å². The van der Waals surface area contributed by atoms with Gasteiger partial charge in [0.1, 0.15) is 5.78 Å². The lowest BCUT2D eigenvalue weighted by atomic mass is 9.66. The first-order valence-corrected chi connectivity index (χ1v) is 8.93. The Balaban J connectivity index is 2.17. The number of hydrogen-bond donors (Lipinski definition) is 1. The Bertz CT molecular complexity index is 879. The fourth-order valence-corrected chi connectivity index (χ4v) is 4.09. The summed E-state index contributed by atoms with van der Waals surface area (Å²) in [7, 11) is 1.24. The largest absolute Gasteiger partial charge is 0.466 e. The summed E-state index contributed by atoms with van der Waals surface area (Å²) in [6, 6.07) is 4.61. The Morgan fingerprint density at radius 2 is 1.79 bits per heavy atom. The minimum atomic E-state index is -4.46. The number of methoxy groups -OCH3 is 1. The topological polar surface area (TPSA) is 55.4 Å². The summed E-state index contributed by atoms with van der Waals surface area (Å²) in [6.07, 6.45) is -2.21. The molecule has 1 N–H and O–H groups in total. The van der Waals surface area contributed by atoms with Gasteiger partial charge in [-0.3, -0.25) is 4.79 Å². The molecule has 1 aromatic rings. The van der Waals surface area contributed by atoms with Gasteiger partial charge in [-0.1, -0.05) is 32.1 Å². The fraction of sp³-hybridized carbons (Fsp3) is 0.429. The second-order valence-corrected chi connectivity index (χ2v) is 7.96. The number of carbonyl (C=O) groups excluding carboxylic acids is 2. The molecule has 0 saturated carbocycles. The maximum absolute atomic E-state index is 13.0. The van der Waals surface area contributed by atoms with Crippen molar-refractivity contribution in [3.63, 3.8) is 0 Å². The summed E-state index contributed by atoms with van der Waals surface area (Å²) in [6.45, 7) is 5.59. The van der Waals surface area contributed by atoms with Gasteiger partial charge >= 0.3 is 12.1 Å². The summed E-state index contributed by atoms with van der Waals surface area (Å²) in [5, 5.41) is 3.14. The minimum Gasteiger partial charge on any atom is -0.466 e. The van der Waals surface area contributed by atoms with E-state index in [0.29, 0.717) is 17.0 Å². The van der Waals surface area contributed by atoms with Gasteiger partial charge in [0.05, 0.1) is 24.2 Å². The van der Waals surface area contributed by atoms with Gasteiger partial charge < -0.3 is 10.1 Å². The Hall–Kier alpha value is -2.57. The smallest absolute Gasteiger partial charge is 0.416 e. The molecule has 1 aromatic carbocycles. The van der Waals surface area contributed by atoms with Crippen LogP contribution < -0.4 is 5.32 Å². The molecule has 28 heavy (non-hydrogen) atoms. The molecule has 0 spiro atoms. The van der Waals surface area contributed by atoms with Crippen molar-refractivity contribution in [1.29, 1.82) is 0 Å². The van der Waals surface area contributed by atoms with Gasteiger partial charge in [-0.15, -0.1) is 0 Å². The van der Waals surface area contributed by atoms with Gasteiger partial charge in [0.2, 0.25) is 0 Å². The number of hydrogen-bond acceptors (Lipinski definition) is 4. The molecule has 0 amide bonds. The maximum atomic E-state index is 13.0. The average Bonchev–Trinajstić information content (AvgIpc) is 2.58. The number of rotatable bonds is 2. The van der Waals surface area contributed by atoms with E-state index in [1.807, 2.05) is 19.9 Å². The molecular weight excluding hydrogens is 371 g/mol. The number of carbonyl (C=O) groups is 2. The maximum Gasteiger partial charge on any atom is 0.416 e. The van der Waals surface area contributed by atoms with Gasteiger partial charge in [0.25, 0.3) is 0 Å². The summed E-state index contributed by atoms with van der Waals surface area (Å²) < 4.78 is 43.7. The Morgan fingerprint density at radius 3 is 2.32 bits per heavy atom. The minimum absolute atomic E-state index is 0.0613. The average molecular weight is 393 g/mol. The van der Waals surface area contributed by atoms with Crippen molar-refractivity contribution in [2.75, 3.05) is 7.11 Å². The van der Waals surface area contributed by atoms with Crippen molar-refractivity contribution in [2.45, 2.75) is 39.3 Å². The molecule has 0 saturated heterocycles. The number of allylic oxidation sites excluding steroid dienone is 3. The number of nitrogens with one attached hydrogen (secondary N) is 1. The van der Waals surface area contributed by atoms with Gasteiger partial charge in [0.15, 0.2) is 0 Å². The van der Waals surface area contributed by atoms with Crippen LogP contribution in [0.15, 0.2) is 47.3 Å². The monoisotopic (exact) mass is 393 g/mol. The van der Waals surface area contributed by atoms with Gasteiger partial charge in [0, 0.05) is 23.7 Å². The van der Waals surface area contributed by atoms with Gasteiger partial charge in [-0.2, -0.15) is 13.2 Å². The highest BCUT2D eigenvalue weighted by molar-refractivity contribution is 5.96. The third kappa shape index (κ3) is 3.57. The zero-order valence-corrected chi connectivity index (χ0v) is 16.1. The van der Waals surface area contributed by atoms with Gasteiger partial charge in [-0.05, 0) is 30.0 Å². The predicted octanol–water partition coefficient (Wildman–Crippen LogP) is 4.34. The first-order chi connectivity index (χ1) is 12.9. The number of fused-ring (bicyclic) bond motifs is 1. The number of halogens is 3. The van der Waals surface area contributed by atoms with Crippen molar-refractivity contribution in [3.05, 3.63) is 58.4 Å². The molecule has 0 bridgehead atoms. The zero-order chi connectivity index (χ0) is 20.9. The SMILES string of the molecule is COC(=O)C1=C(C)NC2=CC(C)(C)CC(=O)C2C1c1ccc(C(F)(F)F)cc1. The van der Waals surface area contributed by atoms with Crippen molar-refractivity contribution < 1.29 is 27.5 Å². The number of Topliss-reactive ketones (excluding diaryl/α,β-unsaturated/α-hetero) is 1. The molecule has 1 heterocycles. The highest BCUT2D eigenvalue weighted by Gasteiger charge is 2.46. The predicted molar refractivity (Wildman–Crippen MR) is 97.0 cm³/mol. The molecule has 1 aliphatic carbocycles. The third-order valence-corrected chi connectivity index (χ3v) is 5.24. The molecule has 0 radical (unpaired) electrons. The van der Waals surface area contributed by atoms with Crippen LogP contribution in [0.25, 0.3) is 0 Å². The molecule has 2 atom stereocenters. The normalized spacial score (nSPS) is 24.2. The van der Waals surface area contributed by atoms with E-state index < -0.39 is 29.5 Å². The van der Waals surface area contributed by atoms with Crippen LogP contribution in [0.2, 0.25) is 0 Å². The number of alkyl halides is 3. The summed E-state index contributed by atoms with van der Waals surface area (Å²) in [5.41, 5.74) is 0.818. The van der Waals surface area contributed by atoms with Crippen molar-refractivity contribution in [2.24, 2.45) is 11.3 Å². The second-order valence-electron chi connectivity index (χ2n) is 7.96. The lowest BCUT2D eigenvalue weighted by molar-refractivity contribution is -0.138. The highest BCUT2D eigenvalue weighted by atomic mass is 19.4. The van der Waals surface area contributed by atoms with Gasteiger partial charge in [-0.25, -0.2) is 4.79 Å². The molecule has 2 unspecified atom stereocenters. The summed E-state index contributed by atoms with van der Waals surface area (Å²) in [5.74, 6) is -2.03. The fourth-order valence-electron chi connectivity index (χ4n) is 4.09. The second kappa shape index (κ2) is 6.79. The third-order valence-electron chi connectivity index (χ3n) is 5.24. The zero-order valence-electron chi connectivity index (χ0n) is 16.1. The molecule has 0 fully saturated rings.